The van der Waals surface area contributed by atoms with Crippen LogP contribution in [0.3, 0.4) is 0 Å². The molecular formula is C11H13BrN2S. The first-order valence-electron chi connectivity index (χ1n) is 4.71. The topological polar surface area (TPSA) is 35.8 Å². The first-order chi connectivity index (χ1) is 7.29. The Kier molecular flexibility index (Phi) is 5.59. The molecule has 0 spiro atoms. The third-order valence-corrected chi connectivity index (χ3v) is 3.32. The van der Waals surface area contributed by atoms with Gasteiger partial charge in [-0.25, -0.2) is 0 Å². The molecule has 0 aromatic heterocycles. The molecule has 0 unspecified atom stereocenters. The highest BCUT2D eigenvalue weighted by molar-refractivity contribution is 9.10. The molecule has 1 N–H and O–H groups in total. The van der Waals surface area contributed by atoms with Gasteiger partial charge < -0.3 is 5.32 Å². The fourth-order valence-electron chi connectivity index (χ4n) is 1.22. The summed E-state index contributed by atoms with van der Waals surface area (Å²) < 4.78 is 0.847. The van der Waals surface area contributed by atoms with Crippen molar-refractivity contribution in [1.82, 2.24) is 0 Å². The van der Waals surface area contributed by atoms with Gasteiger partial charge in [0.1, 0.15) is 6.07 Å². The predicted octanol–water partition coefficient (Wildman–Crippen LogP) is 3.49. The lowest BCUT2D eigenvalue weighted by Crippen LogP contribution is -2.04. The van der Waals surface area contributed by atoms with Crippen molar-refractivity contribution in [3.63, 3.8) is 0 Å². The Balaban J connectivity index is 2.61. The number of halogens is 1. The van der Waals surface area contributed by atoms with Gasteiger partial charge in [-0.2, -0.15) is 17.0 Å². The fourth-order valence-corrected chi connectivity index (χ4v) is 2.11. The van der Waals surface area contributed by atoms with E-state index in [0.29, 0.717) is 5.56 Å². The number of hydrogen-bond acceptors (Lipinski definition) is 3. The SMILES string of the molecule is CSCCCNc1cccc(Br)c1C#N. The van der Waals surface area contributed by atoms with E-state index in [1.54, 1.807) is 0 Å². The van der Waals surface area contributed by atoms with Crippen LogP contribution in [0.1, 0.15) is 12.0 Å². The zero-order valence-electron chi connectivity index (χ0n) is 8.59. The molecule has 0 aliphatic rings. The number of nitriles is 1. The summed E-state index contributed by atoms with van der Waals surface area (Å²) in [6, 6.07) is 7.94. The number of nitrogens with zero attached hydrogens (tertiary/aromatic N) is 1. The zero-order valence-corrected chi connectivity index (χ0v) is 11.0. The molecule has 0 saturated carbocycles. The van der Waals surface area contributed by atoms with Crippen LogP contribution in [0, 0.1) is 11.3 Å². The molecule has 1 aromatic rings. The quantitative estimate of drug-likeness (QED) is 0.841. The van der Waals surface area contributed by atoms with Crippen molar-refractivity contribution in [1.29, 1.82) is 5.26 Å². The molecule has 15 heavy (non-hydrogen) atoms. The van der Waals surface area contributed by atoms with Crippen LogP contribution in [-0.2, 0) is 0 Å². The molecule has 80 valence electrons. The Morgan fingerprint density at radius 2 is 2.33 bits per heavy atom. The maximum atomic E-state index is 8.98. The number of hydrogen-bond donors (Lipinski definition) is 1. The molecule has 1 rings (SSSR count). The van der Waals surface area contributed by atoms with Crippen LogP contribution in [0.4, 0.5) is 5.69 Å². The second-order valence-corrected chi connectivity index (χ2v) is 4.89. The summed E-state index contributed by atoms with van der Waals surface area (Å²) in [5.41, 5.74) is 1.59. The molecule has 0 bridgehead atoms. The summed E-state index contributed by atoms with van der Waals surface area (Å²) in [7, 11) is 0. The molecule has 2 nitrogen and oxygen atoms in total. The monoisotopic (exact) mass is 284 g/mol. The average Bonchev–Trinajstić information content (AvgIpc) is 2.24. The average molecular weight is 285 g/mol. The number of anilines is 1. The van der Waals surface area contributed by atoms with Gasteiger partial charge in [-0.1, -0.05) is 6.07 Å². The second kappa shape index (κ2) is 6.76. The maximum Gasteiger partial charge on any atom is 0.103 e. The summed E-state index contributed by atoms with van der Waals surface area (Å²) in [6.07, 6.45) is 3.21. The minimum atomic E-state index is 0.682. The molecular weight excluding hydrogens is 272 g/mol. The number of benzene rings is 1. The molecule has 0 saturated heterocycles. The van der Waals surface area contributed by atoms with Crippen molar-refractivity contribution in [2.45, 2.75) is 6.42 Å². The third kappa shape index (κ3) is 3.77. The van der Waals surface area contributed by atoms with E-state index in [9.17, 15) is 0 Å². The highest BCUT2D eigenvalue weighted by Gasteiger charge is 2.04. The van der Waals surface area contributed by atoms with Crippen molar-refractivity contribution in [3.8, 4) is 6.07 Å². The van der Waals surface area contributed by atoms with Gasteiger partial charge in [0.25, 0.3) is 0 Å². The molecule has 0 amide bonds. The first kappa shape index (κ1) is 12.4. The number of rotatable bonds is 5. The van der Waals surface area contributed by atoms with E-state index in [2.05, 4.69) is 33.6 Å². The lowest BCUT2D eigenvalue weighted by molar-refractivity contribution is 0.992. The van der Waals surface area contributed by atoms with Gasteiger partial charge in [-0.3, -0.25) is 0 Å². The summed E-state index contributed by atoms with van der Waals surface area (Å²) >= 11 is 5.20. The van der Waals surface area contributed by atoms with Gasteiger partial charge in [0.05, 0.1) is 11.3 Å². The lowest BCUT2D eigenvalue weighted by atomic mass is 10.2. The van der Waals surface area contributed by atoms with Crippen LogP contribution in [-0.4, -0.2) is 18.6 Å². The minimum Gasteiger partial charge on any atom is -0.384 e. The third-order valence-electron chi connectivity index (χ3n) is 1.97. The second-order valence-electron chi connectivity index (χ2n) is 3.05. The van der Waals surface area contributed by atoms with Crippen molar-refractivity contribution in [2.24, 2.45) is 0 Å². The zero-order chi connectivity index (χ0) is 11.1. The van der Waals surface area contributed by atoms with Crippen LogP contribution in [0.25, 0.3) is 0 Å². The molecule has 1 aromatic carbocycles. The van der Waals surface area contributed by atoms with Gasteiger partial charge in [0.2, 0.25) is 0 Å². The molecule has 0 aliphatic carbocycles. The Morgan fingerprint density at radius 3 is 3.00 bits per heavy atom. The predicted molar refractivity (Wildman–Crippen MR) is 70.3 cm³/mol. The normalized spacial score (nSPS) is 9.67. The largest absolute Gasteiger partial charge is 0.384 e. The lowest BCUT2D eigenvalue weighted by Gasteiger charge is -2.08. The van der Waals surface area contributed by atoms with E-state index in [-0.39, 0.29) is 0 Å². The Hall–Kier alpha value is -0.660. The Labute approximate surface area is 103 Å². The molecule has 0 aliphatic heterocycles. The molecule has 0 fully saturated rings. The minimum absolute atomic E-state index is 0.682. The van der Waals surface area contributed by atoms with E-state index in [0.717, 1.165) is 28.9 Å². The molecule has 0 radical (unpaired) electrons. The maximum absolute atomic E-state index is 8.98. The van der Waals surface area contributed by atoms with Crippen molar-refractivity contribution in [3.05, 3.63) is 28.2 Å². The van der Waals surface area contributed by atoms with E-state index < -0.39 is 0 Å². The Morgan fingerprint density at radius 1 is 1.53 bits per heavy atom. The van der Waals surface area contributed by atoms with E-state index >= 15 is 0 Å². The van der Waals surface area contributed by atoms with Crippen LogP contribution in [0.5, 0.6) is 0 Å². The molecule has 0 heterocycles. The van der Waals surface area contributed by atoms with E-state index in [1.165, 1.54) is 0 Å². The summed E-state index contributed by atoms with van der Waals surface area (Å²) in [5.74, 6) is 1.14. The van der Waals surface area contributed by atoms with Gasteiger partial charge in [0, 0.05) is 11.0 Å². The number of thioether (sulfide) groups is 1. The Bertz CT molecular complexity index is 360. The van der Waals surface area contributed by atoms with Gasteiger partial charge in [-0.05, 0) is 46.5 Å². The van der Waals surface area contributed by atoms with Crippen molar-refractivity contribution in [2.75, 3.05) is 23.9 Å². The van der Waals surface area contributed by atoms with Crippen molar-refractivity contribution >= 4 is 33.4 Å². The van der Waals surface area contributed by atoms with E-state index in [1.807, 2.05) is 30.0 Å². The highest BCUT2D eigenvalue weighted by Crippen LogP contribution is 2.23. The van der Waals surface area contributed by atoms with Gasteiger partial charge in [0.15, 0.2) is 0 Å². The van der Waals surface area contributed by atoms with Crippen LogP contribution < -0.4 is 5.32 Å². The fraction of sp³-hybridized carbons (Fsp3) is 0.364. The first-order valence-corrected chi connectivity index (χ1v) is 6.89. The van der Waals surface area contributed by atoms with Crippen LogP contribution in [0.2, 0.25) is 0 Å². The highest BCUT2D eigenvalue weighted by atomic mass is 79.9. The standard InChI is InChI=1S/C11H13BrN2S/c1-15-7-3-6-14-11-5-2-4-10(12)9(11)8-13/h2,4-5,14H,3,6-7H2,1H3. The van der Waals surface area contributed by atoms with E-state index in [4.69, 9.17) is 5.26 Å². The molecule has 4 heteroatoms. The van der Waals surface area contributed by atoms with Gasteiger partial charge in [-0.15, -0.1) is 0 Å². The number of nitrogens with one attached hydrogen (secondary N) is 1. The van der Waals surface area contributed by atoms with Crippen LogP contribution in [0.15, 0.2) is 22.7 Å². The molecule has 0 atom stereocenters. The van der Waals surface area contributed by atoms with Gasteiger partial charge >= 0.3 is 0 Å². The smallest absolute Gasteiger partial charge is 0.103 e. The van der Waals surface area contributed by atoms with Crippen LogP contribution >= 0.6 is 27.7 Å². The van der Waals surface area contributed by atoms with Crippen molar-refractivity contribution < 1.29 is 0 Å². The summed E-state index contributed by atoms with van der Waals surface area (Å²) in [5, 5.41) is 12.3. The summed E-state index contributed by atoms with van der Waals surface area (Å²) in [4.78, 5) is 0. The summed E-state index contributed by atoms with van der Waals surface area (Å²) in [6.45, 7) is 0.909.